The summed E-state index contributed by atoms with van der Waals surface area (Å²) >= 11 is 0. The summed E-state index contributed by atoms with van der Waals surface area (Å²) in [5.41, 5.74) is 8.17. The number of H-pyrrole nitrogens is 1. The number of rotatable bonds is 1. The highest BCUT2D eigenvalue weighted by Crippen LogP contribution is 2.23. The van der Waals surface area contributed by atoms with Crippen molar-refractivity contribution in [2.45, 2.75) is 19.9 Å². The highest BCUT2D eigenvalue weighted by atomic mass is 19.1. The van der Waals surface area contributed by atoms with Crippen LogP contribution in [0.4, 0.5) is 4.39 Å². The molecule has 0 aliphatic carbocycles. The average molecular weight is 192 g/mol. The zero-order valence-corrected chi connectivity index (χ0v) is 8.26. The van der Waals surface area contributed by atoms with Crippen molar-refractivity contribution in [1.29, 1.82) is 0 Å². The standard InChI is InChI=1S/C11H13FN2/c1-6-9(12)4-3-8-5-10(7(2)13)14-11(6)8/h3-5,7,14H,13H2,1-2H3/t7-/m0/s1. The van der Waals surface area contributed by atoms with Gasteiger partial charge in [-0.1, -0.05) is 0 Å². The van der Waals surface area contributed by atoms with E-state index in [1.165, 1.54) is 6.07 Å². The fourth-order valence-corrected chi connectivity index (χ4v) is 1.59. The van der Waals surface area contributed by atoms with Crippen LogP contribution < -0.4 is 5.73 Å². The maximum Gasteiger partial charge on any atom is 0.128 e. The van der Waals surface area contributed by atoms with Gasteiger partial charge in [-0.05, 0) is 32.0 Å². The Morgan fingerprint density at radius 3 is 2.79 bits per heavy atom. The molecule has 0 aliphatic heterocycles. The Balaban J connectivity index is 2.71. The lowest BCUT2D eigenvalue weighted by atomic mass is 10.1. The minimum Gasteiger partial charge on any atom is -0.357 e. The number of hydrogen-bond donors (Lipinski definition) is 2. The third-order valence-corrected chi connectivity index (χ3v) is 2.50. The molecule has 0 aliphatic rings. The van der Waals surface area contributed by atoms with Crippen LogP contribution in [0.1, 0.15) is 24.2 Å². The molecule has 2 aromatic rings. The second-order valence-corrected chi connectivity index (χ2v) is 3.65. The number of hydrogen-bond acceptors (Lipinski definition) is 1. The Kier molecular flexibility index (Phi) is 2.04. The van der Waals surface area contributed by atoms with Crippen LogP contribution in [-0.4, -0.2) is 4.98 Å². The largest absolute Gasteiger partial charge is 0.357 e. The SMILES string of the molecule is Cc1c(F)ccc2cc([C@H](C)N)[nH]c12. The topological polar surface area (TPSA) is 41.8 Å². The van der Waals surface area contributed by atoms with Gasteiger partial charge < -0.3 is 10.7 Å². The maximum atomic E-state index is 13.2. The summed E-state index contributed by atoms with van der Waals surface area (Å²) in [6, 6.07) is 5.16. The molecule has 0 unspecified atom stereocenters. The summed E-state index contributed by atoms with van der Waals surface area (Å²) in [5, 5.41) is 1.01. The monoisotopic (exact) mass is 192 g/mol. The summed E-state index contributed by atoms with van der Waals surface area (Å²) < 4.78 is 13.2. The lowest BCUT2D eigenvalue weighted by molar-refractivity contribution is 0.620. The van der Waals surface area contributed by atoms with Gasteiger partial charge in [0.05, 0.1) is 5.52 Å². The summed E-state index contributed by atoms with van der Waals surface area (Å²) in [6.45, 7) is 3.66. The van der Waals surface area contributed by atoms with Crippen molar-refractivity contribution >= 4 is 10.9 Å². The van der Waals surface area contributed by atoms with Crippen molar-refractivity contribution in [1.82, 2.24) is 4.98 Å². The normalized spacial score (nSPS) is 13.4. The summed E-state index contributed by atoms with van der Waals surface area (Å²) in [5.74, 6) is -0.185. The summed E-state index contributed by atoms with van der Waals surface area (Å²) in [6.07, 6.45) is 0. The van der Waals surface area contributed by atoms with Crippen LogP contribution in [0.15, 0.2) is 18.2 Å². The third kappa shape index (κ3) is 1.30. The van der Waals surface area contributed by atoms with E-state index in [4.69, 9.17) is 5.73 Å². The van der Waals surface area contributed by atoms with Crippen LogP contribution in [-0.2, 0) is 0 Å². The van der Waals surface area contributed by atoms with Crippen molar-refractivity contribution in [2.75, 3.05) is 0 Å². The van der Waals surface area contributed by atoms with E-state index in [2.05, 4.69) is 4.98 Å². The number of halogens is 1. The molecule has 3 N–H and O–H groups in total. The number of aromatic amines is 1. The molecule has 1 aromatic heterocycles. The van der Waals surface area contributed by atoms with Gasteiger partial charge in [0.2, 0.25) is 0 Å². The van der Waals surface area contributed by atoms with Crippen LogP contribution in [0.25, 0.3) is 10.9 Å². The van der Waals surface area contributed by atoms with Crippen molar-refractivity contribution in [3.05, 3.63) is 35.3 Å². The molecule has 0 saturated heterocycles. The maximum absolute atomic E-state index is 13.2. The highest BCUT2D eigenvalue weighted by Gasteiger charge is 2.08. The van der Waals surface area contributed by atoms with E-state index in [-0.39, 0.29) is 11.9 Å². The minimum atomic E-state index is -0.185. The van der Waals surface area contributed by atoms with Gasteiger partial charge in [-0.2, -0.15) is 0 Å². The number of fused-ring (bicyclic) bond motifs is 1. The molecule has 0 saturated carbocycles. The van der Waals surface area contributed by atoms with Crippen LogP contribution in [0.2, 0.25) is 0 Å². The Hall–Kier alpha value is -1.35. The molecule has 1 heterocycles. The van der Waals surface area contributed by atoms with Crippen LogP contribution in [0.5, 0.6) is 0 Å². The molecule has 2 nitrogen and oxygen atoms in total. The average Bonchev–Trinajstić information content (AvgIpc) is 2.56. The van der Waals surface area contributed by atoms with E-state index in [1.54, 1.807) is 13.0 Å². The quantitative estimate of drug-likeness (QED) is 0.716. The summed E-state index contributed by atoms with van der Waals surface area (Å²) in [7, 11) is 0. The third-order valence-electron chi connectivity index (χ3n) is 2.50. The number of nitrogens with two attached hydrogens (primary N) is 1. The van der Waals surface area contributed by atoms with Crippen LogP contribution in [0, 0.1) is 12.7 Å². The first-order valence-electron chi connectivity index (χ1n) is 4.63. The van der Waals surface area contributed by atoms with Crippen LogP contribution in [0.3, 0.4) is 0 Å². The molecule has 14 heavy (non-hydrogen) atoms. The first-order valence-corrected chi connectivity index (χ1v) is 4.63. The molecule has 0 fully saturated rings. The zero-order chi connectivity index (χ0) is 10.3. The fourth-order valence-electron chi connectivity index (χ4n) is 1.59. The van der Waals surface area contributed by atoms with Crippen molar-refractivity contribution in [3.63, 3.8) is 0 Å². The van der Waals surface area contributed by atoms with Crippen molar-refractivity contribution < 1.29 is 4.39 Å². The zero-order valence-electron chi connectivity index (χ0n) is 8.26. The minimum absolute atomic E-state index is 0.0511. The lowest BCUT2D eigenvalue weighted by Crippen LogP contribution is -2.04. The summed E-state index contributed by atoms with van der Waals surface area (Å²) in [4.78, 5) is 3.14. The number of aryl methyl sites for hydroxylation is 1. The smallest absolute Gasteiger partial charge is 0.128 e. The number of nitrogens with one attached hydrogen (secondary N) is 1. The van der Waals surface area contributed by atoms with E-state index in [0.717, 1.165) is 16.6 Å². The molecular weight excluding hydrogens is 179 g/mol. The predicted octanol–water partition coefficient (Wildman–Crippen LogP) is 2.64. The van der Waals surface area contributed by atoms with E-state index >= 15 is 0 Å². The number of aromatic nitrogens is 1. The second-order valence-electron chi connectivity index (χ2n) is 3.65. The second kappa shape index (κ2) is 3.10. The first-order chi connectivity index (χ1) is 6.59. The fraction of sp³-hybridized carbons (Fsp3) is 0.273. The lowest BCUT2D eigenvalue weighted by Gasteiger charge is -1.99. The van der Waals surface area contributed by atoms with Crippen LogP contribution >= 0.6 is 0 Å². The van der Waals surface area contributed by atoms with Gasteiger partial charge >= 0.3 is 0 Å². The van der Waals surface area contributed by atoms with Gasteiger partial charge in [0.15, 0.2) is 0 Å². The van der Waals surface area contributed by atoms with Gasteiger partial charge in [0, 0.05) is 22.7 Å². The Bertz CT molecular complexity index is 471. The molecule has 3 heteroatoms. The van der Waals surface area contributed by atoms with Gasteiger partial charge in [-0.15, -0.1) is 0 Å². The predicted molar refractivity (Wildman–Crippen MR) is 55.6 cm³/mol. The van der Waals surface area contributed by atoms with Gasteiger partial charge in [0.25, 0.3) is 0 Å². The Morgan fingerprint density at radius 2 is 2.14 bits per heavy atom. The Labute approximate surface area is 81.9 Å². The molecule has 0 radical (unpaired) electrons. The Morgan fingerprint density at radius 1 is 1.43 bits per heavy atom. The highest BCUT2D eigenvalue weighted by molar-refractivity contribution is 5.83. The van der Waals surface area contributed by atoms with Gasteiger partial charge in [-0.3, -0.25) is 0 Å². The van der Waals surface area contributed by atoms with E-state index in [1.807, 2.05) is 13.0 Å². The molecule has 1 atom stereocenters. The number of benzene rings is 1. The molecule has 2 rings (SSSR count). The van der Waals surface area contributed by atoms with E-state index in [9.17, 15) is 4.39 Å². The van der Waals surface area contributed by atoms with E-state index < -0.39 is 0 Å². The molecule has 0 spiro atoms. The molecule has 1 aromatic carbocycles. The molecule has 74 valence electrons. The molecule has 0 bridgehead atoms. The molecule has 0 amide bonds. The van der Waals surface area contributed by atoms with Crippen molar-refractivity contribution in [2.24, 2.45) is 5.73 Å². The molecular formula is C11H13FN2. The first kappa shape index (κ1) is 9.21. The van der Waals surface area contributed by atoms with Gasteiger partial charge in [0.1, 0.15) is 5.82 Å². The van der Waals surface area contributed by atoms with Gasteiger partial charge in [-0.25, -0.2) is 4.39 Å². The van der Waals surface area contributed by atoms with E-state index in [0.29, 0.717) is 5.56 Å². The van der Waals surface area contributed by atoms with Crippen molar-refractivity contribution in [3.8, 4) is 0 Å².